The van der Waals surface area contributed by atoms with E-state index in [1.54, 1.807) is 16.7 Å². The summed E-state index contributed by atoms with van der Waals surface area (Å²) in [6.07, 6.45) is 0. The Morgan fingerprint density at radius 3 is 2.74 bits per heavy atom. The van der Waals surface area contributed by atoms with E-state index >= 15 is 0 Å². The van der Waals surface area contributed by atoms with Crippen molar-refractivity contribution in [3.63, 3.8) is 0 Å². The van der Waals surface area contributed by atoms with E-state index < -0.39 is 0 Å². The standard InChI is InChI=1S/C14H13ClN2OS/c1-9-5-6-12(13(16)19)14(18)17(9)8-10-3-2-4-11(15)7-10/h2-7H,8H2,1H3,(H2,16,19). The number of nitrogens with two attached hydrogens (primary N) is 1. The van der Waals surface area contributed by atoms with E-state index in [9.17, 15) is 4.79 Å². The second-order valence-corrected chi connectivity index (χ2v) is 5.15. The van der Waals surface area contributed by atoms with Gasteiger partial charge in [-0.1, -0.05) is 36.0 Å². The molecule has 1 heterocycles. The van der Waals surface area contributed by atoms with E-state index in [4.69, 9.17) is 29.6 Å². The lowest BCUT2D eigenvalue weighted by Gasteiger charge is -2.12. The molecule has 0 aliphatic heterocycles. The van der Waals surface area contributed by atoms with E-state index in [0.717, 1.165) is 11.3 Å². The molecule has 2 aromatic rings. The molecule has 0 unspecified atom stereocenters. The average Bonchev–Trinajstić information content (AvgIpc) is 2.34. The topological polar surface area (TPSA) is 48.0 Å². The van der Waals surface area contributed by atoms with Gasteiger partial charge in [0.15, 0.2) is 0 Å². The molecule has 1 aromatic heterocycles. The molecule has 0 aliphatic carbocycles. The van der Waals surface area contributed by atoms with Crippen LogP contribution >= 0.6 is 23.8 Å². The molecule has 0 aliphatic rings. The zero-order chi connectivity index (χ0) is 14.0. The van der Waals surface area contributed by atoms with E-state index in [0.29, 0.717) is 17.1 Å². The number of halogens is 1. The normalized spacial score (nSPS) is 10.4. The summed E-state index contributed by atoms with van der Waals surface area (Å²) in [7, 11) is 0. The summed E-state index contributed by atoms with van der Waals surface area (Å²) >= 11 is 10.8. The van der Waals surface area contributed by atoms with Gasteiger partial charge in [-0.15, -0.1) is 0 Å². The highest BCUT2D eigenvalue weighted by atomic mass is 35.5. The van der Waals surface area contributed by atoms with E-state index in [1.807, 2.05) is 31.2 Å². The number of nitrogens with zero attached hydrogens (tertiary/aromatic N) is 1. The molecule has 2 rings (SSSR count). The average molecular weight is 293 g/mol. The zero-order valence-corrected chi connectivity index (χ0v) is 12.0. The summed E-state index contributed by atoms with van der Waals surface area (Å²) in [6, 6.07) is 10.9. The Morgan fingerprint density at radius 1 is 1.37 bits per heavy atom. The van der Waals surface area contributed by atoms with Gasteiger partial charge in [-0.25, -0.2) is 0 Å². The fraction of sp³-hybridized carbons (Fsp3) is 0.143. The van der Waals surface area contributed by atoms with Crippen LogP contribution in [0.2, 0.25) is 5.02 Å². The van der Waals surface area contributed by atoms with Crippen LogP contribution in [0.25, 0.3) is 0 Å². The molecular weight excluding hydrogens is 280 g/mol. The van der Waals surface area contributed by atoms with Crippen molar-refractivity contribution in [3.8, 4) is 0 Å². The van der Waals surface area contributed by atoms with Crippen LogP contribution in [0.5, 0.6) is 0 Å². The van der Waals surface area contributed by atoms with Gasteiger partial charge in [0, 0.05) is 10.7 Å². The first kappa shape index (κ1) is 13.8. The van der Waals surface area contributed by atoms with Gasteiger partial charge in [0.2, 0.25) is 0 Å². The molecule has 0 bridgehead atoms. The summed E-state index contributed by atoms with van der Waals surface area (Å²) in [6.45, 7) is 2.32. The van der Waals surface area contributed by atoms with Gasteiger partial charge < -0.3 is 10.3 Å². The molecular formula is C14H13ClN2OS. The summed E-state index contributed by atoms with van der Waals surface area (Å²) in [5.41, 5.74) is 7.55. The first-order valence-corrected chi connectivity index (χ1v) is 6.52. The zero-order valence-electron chi connectivity index (χ0n) is 10.4. The molecule has 0 amide bonds. The first-order valence-electron chi connectivity index (χ1n) is 5.73. The third-order valence-corrected chi connectivity index (χ3v) is 3.34. The molecule has 0 saturated carbocycles. The smallest absolute Gasteiger partial charge is 0.261 e. The number of thiocarbonyl (C=S) groups is 1. The summed E-state index contributed by atoms with van der Waals surface area (Å²) < 4.78 is 1.64. The highest BCUT2D eigenvalue weighted by Crippen LogP contribution is 2.12. The minimum Gasteiger partial charge on any atom is -0.389 e. The Morgan fingerprint density at radius 2 is 2.11 bits per heavy atom. The lowest BCUT2D eigenvalue weighted by atomic mass is 10.2. The van der Waals surface area contributed by atoms with Crippen molar-refractivity contribution >= 4 is 28.8 Å². The molecule has 5 heteroatoms. The SMILES string of the molecule is Cc1ccc(C(N)=S)c(=O)n1Cc1cccc(Cl)c1. The fourth-order valence-electron chi connectivity index (χ4n) is 1.87. The largest absolute Gasteiger partial charge is 0.389 e. The second kappa shape index (κ2) is 5.55. The summed E-state index contributed by atoms with van der Waals surface area (Å²) in [5, 5.41) is 0.647. The Labute approximate surface area is 121 Å². The van der Waals surface area contributed by atoms with Crippen LogP contribution in [0.3, 0.4) is 0 Å². The highest BCUT2D eigenvalue weighted by Gasteiger charge is 2.09. The number of hydrogen-bond donors (Lipinski definition) is 1. The van der Waals surface area contributed by atoms with E-state index in [1.165, 1.54) is 0 Å². The van der Waals surface area contributed by atoms with Crippen LogP contribution in [-0.2, 0) is 6.54 Å². The molecule has 3 nitrogen and oxygen atoms in total. The van der Waals surface area contributed by atoms with Crippen LogP contribution in [0.4, 0.5) is 0 Å². The number of aromatic nitrogens is 1. The Hall–Kier alpha value is -1.65. The Balaban J connectivity index is 2.48. The molecule has 0 fully saturated rings. The molecule has 0 spiro atoms. The quantitative estimate of drug-likeness (QED) is 0.884. The van der Waals surface area contributed by atoms with Crippen molar-refractivity contribution in [1.29, 1.82) is 0 Å². The number of hydrogen-bond acceptors (Lipinski definition) is 2. The van der Waals surface area contributed by atoms with Crippen LogP contribution in [0, 0.1) is 6.92 Å². The van der Waals surface area contributed by atoms with Crippen LogP contribution in [-0.4, -0.2) is 9.56 Å². The minimum absolute atomic E-state index is 0.116. The lowest BCUT2D eigenvalue weighted by molar-refractivity contribution is 0.728. The fourth-order valence-corrected chi connectivity index (χ4v) is 2.24. The molecule has 19 heavy (non-hydrogen) atoms. The van der Waals surface area contributed by atoms with Crippen LogP contribution < -0.4 is 11.3 Å². The molecule has 0 radical (unpaired) electrons. The maximum absolute atomic E-state index is 12.3. The van der Waals surface area contributed by atoms with Gasteiger partial charge >= 0.3 is 0 Å². The van der Waals surface area contributed by atoms with Gasteiger partial charge in [-0.3, -0.25) is 4.79 Å². The van der Waals surface area contributed by atoms with Crippen molar-refractivity contribution in [1.82, 2.24) is 4.57 Å². The third-order valence-electron chi connectivity index (χ3n) is 2.89. The summed E-state index contributed by atoms with van der Waals surface area (Å²) in [4.78, 5) is 12.4. The van der Waals surface area contributed by atoms with Crippen molar-refractivity contribution in [2.24, 2.45) is 5.73 Å². The Kier molecular flexibility index (Phi) is 4.02. The Bertz CT molecular complexity index is 694. The van der Waals surface area contributed by atoms with Crippen molar-refractivity contribution < 1.29 is 0 Å². The second-order valence-electron chi connectivity index (χ2n) is 4.27. The number of aryl methyl sites for hydroxylation is 1. The van der Waals surface area contributed by atoms with Crippen molar-refractivity contribution in [2.75, 3.05) is 0 Å². The predicted octanol–water partition coefficient (Wildman–Crippen LogP) is 2.49. The van der Waals surface area contributed by atoms with Crippen molar-refractivity contribution in [3.05, 3.63) is 68.6 Å². The molecule has 0 saturated heterocycles. The number of benzene rings is 1. The van der Waals surface area contributed by atoms with Gasteiger partial charge in [0.1, 0.15) is 4.99 Å². The predicted molar refractivity (Wildman–Crippen MR) is 81.9 cm³/mol. The maximum atomic E-state index is 12.3. The van der Waals surface area contributed by atoms with Gasteiger partial charge in [-0.2, -0.15) is 0 Å². The molecule has 1 aromatic carbocycles. The summed E-state index contributed by atoms with van der Waals surface area (Å²) in [5.74, 6) is 0. The van der Waals surface area contributed by atoms with Crippen molar-refractivity contribution in [2.45, 2.75) is 13.5 Å². The van der Waals surface area contributed by atoms with E-state index in [-0.39, 0.29) is 10.5 Å². The molecule has 0 atom stereocenters. The number of pyridine rings is 1. The number of rotatable bonds is 3. The van der Waals surface area contributed by atoms with Gasteiger partial charge in [0.25, 0.3) is 5.56 Å². The van der Waals surface area contributed by atoms with E-state index in [2.05, 4.69) is 0 Å². The van der Waals surface area contributed by atoms with Gasteiger partial charge in [-0.05, 0) is 36.8 Å². The van der Waals surface area contributed by atoms with Crippen LogP contribution in [0.1, 0.15) is 16.8 Å². The lowest BCUT2D eigenvalue weighted by Crippen LogP contribution is -2.30. The first-order chi connectivity index (χ1) is 8.99. The third kappa shape index (κ3) is 3.03. The minimum atomic E-state index is -0.174. The monoisotopic (exact) mass is 292 g/mol. The molecule has 2 N–H and O–H groups in total. The van der Waals surface area contributed by atoms with Gasteiger partial charge in [0.05, 0.1) is 12.1 Å². The maximum Gasteiger partial charge on any atom is 0.261 e. The highest BCUT2D eigenvalue weighted by molar-refractivity contribution is 7.80. The van der Waals surface area contributed by atoms with Crippen LogP contribution in [0.15, 0.2) is 41.2 Å². The molecule has 98 valence electrons.